The van der Waals surface area contributed by atoms with E-state index < -0.39 is 57.4 Å². The van der Waals surface area contributed by atoms with Crippen LogP contribution in [0.2, 0.25) is 10.0 Å². The summed E-state index contributed by atoms with van der Waals surface area (Å²) in [5.41, 5.74) is 0.0983. The molecule has 234 valence electrons. The van der Waals surface area contributed by atoms with E-state index in [0.717, 1.165) is 24.3 Å². The lowest BCUT2D eigenvalue weighted by atomic mass is 9.99. The lowest BCUT2D eigenvalue weighted by molar-refractivity contribution is -0.274. The lowest BCUT2D eigenvalue weighted by Crippen LogP contribution is -2.53. The van der Waals surface area contributed by atoms with Crippen LogP contribution in [0.5, 0.6) is 5.75 Å². The summed E-state index contributed by atoms with van der Waals surface area (Å²) in [7, 11) is -4.56. The number of carbonyl (C=O) groups is 1. The predicted molar refractivity (Wildman–Crippen MR) is 160 cm³/mol. The Morgan fingerprint density at radius 2 is 1.50 bits per heavy atom. The smallest absolute Gasteiger partial charge is 0.444 e. The first-order valence-electron chi connectivity index (χ1n) is 13.2. The van der Waals surface area contributed by atoms with Crippen LogP contribution in [0.4, 0.5) is 18.0 Å². The number of halogens is 5. The Kier molecular flexibility index (Phi) is 8.29. The predicted octanol–water partition coefficient (Wildman–Crippen LogP) is 6.98. The summed E-state index contributed by atoms with van der Waals surface area (Å²) in [5.74, 6) is -0.621. The summed E-state index contributed by atoms with van der Waals surface area (Å²) < 4.78 is 79.3. The van der Waals surface area contributed by atoms with E-state index in [0.29, 0.717) is 31.9 Å². The van der Waals surface area contributed by atoms with Crippen LogP contribution in [-0.2, 0) is 14.8 Å². The minimum absolute atomic E-state index is 0.0806. The van der Waals surface area contributed by atoms with Crippen molar-refractivity contribution in [2.45, 2.75) is 49.8 Å². The number of carbonyl (C=O) groups excluding carboxylic acids is 1. The van der Waals surface area contributed by atoms with Gasteiger partial charge in [-0.25, -0.2) is 4.79 Å². The van der Waals surface area contributed by atoms with Crippen molar-refractivity contribution >= 4 is 66.8 Å². The normalized spacial score (nSPS) is 19.1. The molecule has 0 bridgehead atoms. The largest absolute Gasteiger partial charge is 0.573 e. The zero-order valence-electron chi connectivity index (χ0n) is 23.5. The Morgan fingerprint density at radius 3 is 2.00 bits per heavy atom. The molecule has 1 saturated heterocycles. The number of ether oxygens (including phenoxy) is 2. The van der Waals surface area contributed by atoms with E-state index in [2.05, 4.69) is 9.13 Å². The Morgan fingerprint density at radius 1 is 0.955 bits per heavy atom. The maximum Gasteiger partial charge on any atom is 0.573 e. The van der Waals surface area contributed by atoms with Crippen LogP contribution in [0.3, 0.4) is 0 Å². The van der Waals surface area contributed by atoms with Gasteiger partial charge in [-0.2, -0.15) is 12.8 Å². The fourth-order valence-electron chi connectivity index (χ4n) is 5.05. The summed E-state index contributed by atoms with van der Waals surface area (Å²) in [6.07, 6.45) is -7.24. The number of sulfonamides is 1. The Bertz CT molecular complexity index is 1830. The average molecular weight is 673 g/mol. The maximum absolute atomic E-state index is 13.3. The van der Waals surface area contributed by atoms with Crippen LogP contribution in [0.1, 0.15) is 26.8 Å². The van der Waals surface area contributed by atoms with E-state index >= 15 is 0 Å². The molecule has 9 nitrogen and oxygen atoms in total. The minimum atomic E-state index is -4.96. The lowest BCUT2D eigenvalue weighted by Gasteiger charge is -2.38. The fraction of sp³-hybridized carbons (Fsp3) is 0.310. The average Bonchev–Trinajstić information content (AvgIpc) is 3.20. The van der Waals surface area contributed by atoms with Crippen LogP contribution < -0.4 is 4.74 Å². The molecule has 1 aliphatic rings. The van der Waals surface area contributed by atoms with Crippen LogP contribution in [0, 0.1) is 0 Å². The van der Waals surface area contributed by atoms with Gasteiger partial charge in [0.1, 0.15) is 17.5 Å². The van der Waals surface area contributed by atoms with E-state index in [1.54, 1.807) is 61.7 Å². The molecule has 1 aromatic heterocycles. The molecule has 15 heteroatoms. The van der Waals surface area contributed by atoms with Crippen LogP contribution >= 0.6 is 23.2 Å². The van der Waals surface area contributed by atoms with Gasteiger partial charge in [0, 0.05) is 38.4 Å². The second kappa shape index (κ2) is 11.4. The van der Waals surface area contributed by atoms with Crippen molar-refractivity contribution in [3.63, 3.8) is 0 Å². The number of nitrogens with zero attached hydrogens (tertiary/aromatic N) is 3. The molecule has 0 saturated carbocycles. The minimum Gasteiger partial charge on any atom is -0.444 e. The van der Waals surface area contributed by atoms with Crippen molar-refractivity contribution in [2.24, 2.45) is 4.40 Å². The number of fused-ring (bicyclic) bond motifs is 3. The third-order valence-electron chi connectivity index (χ3n) is 6.77. The van der Waals surface area contributed by atoms with Crippen molar-refractivity contribution < 1.29 is 41.0 Å². The molecule has 44 heavy (non-hydrogen) atoms. The Balaban J connectivity index is 1.62. The first-order valence-corrected chi connectivity index (χ1v) is 15.4. The van der Waals surface area contributed by atoms with Crippen LogP contribution in [0.25, 0.3) is 21.8 Å². The number of alkyl halides is 3. The van der Waals surface area contributed by atoms with Crippen molar-refractivity contribution in [1.82, 2.24) is 9.47 Å². The van der Waals surface area contributed by atoms with E-state index in [9.17, 15) is 31.5 Å². The monoisotopic (exact) mass is 671 g/mol. The third-order valence-corrected chi connectivity index (χ3v) is 8.58. The summed E-state index contributed by atoms with van der Waals surface area (Å²) in [6.45, 7) is 4.55. The number of piperidine rings is 1. The Labute approximate surface area is 260 Å². The molecule has 2 atom stereocenters. The highest BCUT2D eigenvalue weighted by molar-refractivity contribution is 7.90. The zero-order valence-corrected chi connectivity index (χ0v) is 25.8. The quantitative estimate of drug-likeness (QED) is 0.251. The van der Waals surface area contributed by atoms with E-state index in [4.69, 9.17) is 27.9 Å². The summed E-state index contributed by atoms with van der Waals surface area (Å²) in [4.78, 5) is 14.0. The SMILES string of the molecule is CC(C)(C)OC(=O)N1CC(=NS(=O)(=O)c2ccc(OC(F)(F)F)cc2)[C@H](O)[C@@H](n2c3ccc(Cl)cc3c3cc(Cl)ccc32)C1. The number of likely N-dealkylation sites (tertiary alicyclic amines) is 1. The van der Waals surface area contributed by atoms with Gasteiger partial charge in [0.25, 0.3) is 10.0 Å². The highest BCUT2D eigenvalue weighted by Crippen LogP contribution is 2.38. The molecule has 1 aliphatic heterocycles. The van der Waals surface area contributed by atoms with Crippen LogP contribution in [0.15, 0.2) is 70.0 Å². The van der Waals surface area contributed by atoms with Gasteiger partial charge < -0.3 is 24.0 Å². The maximum atomic E-state index is 13.3. The number of hydrogen-bond donors (Lipinski definition) is 1. The third kappa shape index (κ3) is 6.75. The molecule has 0 radical (unpaired) electrons. The van der Waals surface area contributed by atoms with Gasteiger partial charge in [-0.3, -0.25) is 0 Å². The molecule has 2 heterocycles. The van der Waals surface area contributed by atoms with Crippen molar-refractivity contribution in [3.05, 3.63) is 70.7 Å². The van der Waals surface area contributed by atoms with Crippen molar-refractivity contribution in [3.8, 4) is 5.75 Å². The fourth-order valence-corrected chi connectivity index (χ4v) is 6.45. The van der Waals surface area contributed by atoms with Gasteiger partial charge >= 0.3 is 12.5 Å². The summed E-state index contributed by atoms with van der Waals surface area (Å²) in [6, 6.07) is 12.8. The van der Waals surface area contributed by atoms with E-state index in [-0.39, 0.29) is 12.3 Å². The molecule has 4 aromatic rings. The molecule has 5 rings (SSSR count). The molecule has 1 amide bonds. The highest BCUT2D eigenvalue weighted by Gasteiger charge is 2.40. The van der Waals surface area contributed by atoms with Gasteiger partial charge in [-0.1, -0.05) is 23.2 Å². The topological polar surface area (TPSA) is 110 Å². The van der Waals surface area contributed by atoms with E-state index in [1.807, 2.05) is 0 Å². The van der Waals surface area contributed by atoms with Gasteiger partial charge in [0.05, 0.1) is 23.2 Å². The zero-order chi connectivity index (χ0) is 32.2. The van der Waals surface area contributed by atoms with Crippen molar-refractivity contribution in [1.29, 1.82) is 0 Å². The number of rotatable bonds is 4. The molecule has 0 unspecified atom stereocenters. The molecular formula is C29H26Cl2F3N3O6S. The van der Waals surface area contributed by atoms with Gasteiger partial charge in [0.15, 0.2) is 0 Å². The second-order valence-electron chi connectivity index (χ2n) is 11.1. The first kappa shape index (κ1) is 31.9. The summed E-state index contributed by atoms with van der Waals surface area (Å²) in [5, 5.41) is 14.0. The Hall–Kier alpha value is -3.52. The molecular weight excluding hydrogens is 646 g/mol. The number of amides is 1. The number of aliphatic hydroxyl groups excluding tert-OH is 1. The molecule has 0 spiro atoms. The standard InChI is InChI=1S/C29H26Cl2F3N3O6S/c1-28(2,3)43-27(39)36-14-22(35-44(40,41)19-8-6-18(7-9-19)42-29(32,33)34)26(38)25(15-36)37-23-10-4-16(30)12-20(23)21-13-17(31)5-11-24(21)37/h4-13,25-26,38H,14-15H2,1-3H3/t25-,26-/m0/s1. The molecule has 3 aromatic carbocycles. The number of benzene rings is 3. The number of aliphatic hydroxyl groups is 1. The number of aromatic nitrogens is 1. The number of hydrogen-bond acceptors (Lipinski definition) is 6. The molecule has 1 fully saturated rings. The summed E-state index contributed by atoms with van der Waals surface area (Å²) >= 11 is 12.6. The molecule has 0 aliphatic carbocycles. The van der Waals surface area contributed by atoms with Crippen LogP contribution in [-0.4, -0.2) is 66.0 Å². The highest BCUT2D eigenvalue weighted by atomic mass is 35.5. The van der Waals surface area contributed by atoms with Gasteiger partial charge in [0.2, 0.25) is 0 Å². The van der Waals surface area contributed by atoms with Crippen molar-refractivity contribution in [2.75, 3.05) is 13.1 Å². The first-order chi connectivity index (χ1) is 20.4. The second-order valence-corrected chi connectivity index (χ2v) is 13.6. The van der Waals surface area contributed by atoms with Gasteiger partial charge in [-0.05, 0) is 81.4 Å². The van der Waals surface area contributed by atoms with E-state index in [1.165, 1.54) is 4.90 Å². The molecule has 1 N–H and O–H groups in total. The van der Waals surface area contributed by atoms with Gasteiger partial charge in [-0.15, -0.1) is 13.2 Å².